The maximum Gasteiger partial charge on any atom is 0.125 e. The molecule has 0 aromatic heterocycles. The first-order chi connectivity index (χ1) is 6.97. The zero-order chi connectivity index (χ0) is 11.3. The molecule has 0 aliphatic rings. The molecule has 2 nitrogen and oxygen atoms in total. The van der Waals surface area contributed by atoms with Gasteiger partial charge in [0.15, 0.2) is 0 Å². The highest BCUT2D eigenvalue weighted by Crippen LogP contribution is 2.09. The Hall–Kier alpha value is -1.09. The van der Waals surface area contributed by atoms with Crippen molar-refractivity contribution in [3.8, 4) is 0 Å². The van der Waals surface area contributed by atoms with Gasteiger partial charge in [0, 0.05) is 12.2 Å². The van der Waals surface area contributed by atoms with Crippen LogP contribution in [0.2, 0.25) is 0 Å². The number of benzene rings is 1. The van der Waals surface area contributed by atoms with E-state index in [9.17, 15) is 4.39 Å². The normalized spacial score (nSPS) is 11.5. The smallest absolute Gasteiger partial charge is 0.125 e. The van der Waals surface area contributed by atoms with Crippen LogP contribution in [0.3, 0.4) is 0 Å². The average Bonchev–Trinajstić information content (AvgIpc) is 2.11. The minimum atomic E-state index is -0.225. The fourth-order valence-corrected chi connectivity index (χ4v) is 1.15. The summed E-state index contributed by atoms with van der Waals surface area (Å²) in [6.07, 6.45) is 0. The predicted octanol–water partition coefficient (Wildman–Crippen LogP) is 3.05. The third kappa shape index (κ3) is 5.37. The van der Waals surface area contributed by atoms with Gasteiger partial charge in [0.1, 0.15) is 5.82 Å². The van der Waals surface area contributed by atoms with Gasteiger partial charge in [-0.2, -0.15) is 0 Å². The standard InChI is InChI=1S/C12H18FNO/c1-12(2,3)15-8-7-14-11-6-4-5-10(13)9-11/h4-6,9,14H,7-8H2,1-3H3. The fraction of sp³-hybridized carbons (Fsp3) is 0.500. The summed E-state index contributed by atoms with van der Waals surface area (Å²) in [6.45, 7) is 7.32. The van der Waals surface area contributed by atoms with E-state index < -0.39 is 0 Å². The van der Waals surface area contributed by atoms with Gasteiger partial charge in [0.2, 0.25) is 0 Å². The number of hydrogen-bond acceptors (Lipinski definition) is 2. The maximum atomic E-state index is 12.8. The minimum absolute atomic E-state index is 0.121. The Morgan fingerprint density at radius 1 is 1.33 bits per heavy atom. The molecular weight excluding hydrogens is 193 g/mol. The highest BCUT2D eigenvalue weighted by atomic mass is 19.1. The van der Waals surface area contributed by atoms with Gasteiger partial charge in [-0.1, -0.05) is 6.07 Å². The summed E-state index contributed by atoms with van der Waals surface area (Å²) in [4.78, 5) is 0. The van der Waals surface area contributed by atoms with Crippen LogP contribution < -0.4 is 5.32 Å². The number of hydrogen-bond donors (Lipinski definition) is 1. The molecule has 0 fully saturated rings. The SMILES string of the molecule is CC(C)(C)OCCNc1cccc(F)c1. The second-order valence-corrected chi connectivity index (χ2v) is 4.40. The van der Waals surface area contributed by atoms with Gasteiger partial charge < -0.3 is 10.1 Å². The van der Waals surface area contributed by atoms with Crippen LogP contribution in [0.1, 0.15) is 20.8 Å². The van der Waals surface area contributed by atoms with Crippen molar-refractivity contribution in [3.63, 3.8) is 0 Å². The highest BCUT2D eigenvalue weighted by Gasteiger charge is 2.08. The number of halogens is 1. The topological polar surface area (TPSA) is 21.3 Å². The Labute approximate surface area is 90.4 Å². The molecule has 1 aromatic carbocycles. The quantitative estimate of drug-likeness (QED) is 0.773. The van der Waals surface area contributed by atoms with Gasteiger partial charge in [0.05, 0.1) is 12.2 Å². The van der Waals surface area contributed by atoms with Crippen molar-refractivity contribution in [2.24, 2.45) is 0 Å². The first-order valence-electron chi connectivity index (χ1n) is 5.11. The van der Waals surface area contributed by atoms with E-state index in [0.717, 1.165) is 5.69 Å². The van der Waals surface area contributed by atoms with E-state index in [-0.39, 0.29) is 11.4 Å². The average molecular weight is 211 g/mol. The summed E-state index contributed by atoms with van der Waals surface area (Å²) in [5, 5.41) is 3.09. The molecule has 0 amide bonds. The molecule has 0 atom stereocenters. The number of rotatable bonds is 4. The van der Waals surface area contributed by atoms with Gasteiger partial charge in [-0.05, 0) is 39.0 Å². The molecule has 1 aromatic rings. The lowest BCUT2D eigenvalue weighted by Gasteiger charge is -2.19. The van der Waals surface area contributed by atoms with Crippen LogP contribution in [-0.4, -0.2) is 18.8 Å². The van der Waals surface area contributed by atoms with Gasteiger partial charge in [-0.25, -0.2) is 4.39 Å². The van der Waals surface area contributed by atoms with Crippen molar-refractivity contribution in [1.82, 2.24) is 0 Å². The molecule has 0 aliphatic carbocycles. The summed E-state index contributed by atoms with van der Waals surface area (Å²) < 4.78 is 18.3. The Morgan fingerprint density at radius 3 is 2.67 bits per heavy atom. The predicted molar refractivity (Wildman–Crippen MR) is 60.6 cm³/mol. The van der Waals surface area contributed by atoms with Crippen molar-refractivity contribution < 1.29 is 9.13 Å². The molecule has 15 heavy (non-hydrogen) atoms. The van der Waals surface area contributed by atoms with E-state index in [1.165, 1.54) is 12.1 Å². The molecule has 3 heteroatoms. The van der Waals surface area contributed by atoms with Crippen molar-refractivity contribution in [2.45, 2.75) is 26.4 Å². The molecule has 1 N–H and O–H groups in total. The molecular formula is C12H18FNO. The molecule has 0 spiro atoms. The lowest BCUT2D eigenvalue weighted by Crippen LogP contribution is -2.23. The second-order valence-electron chi connectivity index (χ2n) is 4.40. The fourth-order valence-electron chi connectivity index (χ4n) is 1.15. The summed E-state index contributed by atoms with van der Waals surface area (Å²) in [5.74, 6) is -0.225. The molecule has 0 heterocycles. The Morgan fingerprint density at radius 2 is 2.07 bits per heavy atom. The highest BCUT2D eigenvalue weighted by molar-refractivity contribution is 5.42. The molecule has 84 valence electrons. The molecule has 0 bridgehead atoms. The Balaban J connectivity index is 2.26. The summed E-state index contributed by atoms with van der Waals surface area (Å²) >= 11 is 0. The van der Waals surface area contributed by atoms with Crippen LogP contribution >= 0.6 is 0 Å². The molecule has 1 rings (SSSR count). The van der Waals surface area contributed by atoms with Crippen LogP contribution in [0.4, 0.5) is 10.1 Å². The molecule has 0 unspecified atom stereocenters. The first-order valence-corrected chi connectivity index (χ1v) is 5.11. The van der Waals surface area contributed by atoms with E-state index in [2.05, 4.69) is 5.32 Å². The number of anilines is 1. The Bertz CT molecular complexity index is 307. The van der Waals surface area contributed by atoms with Crippen LogP contribution in [-0.2, 0) is 4.74 Å². The van der Waals surface area contributed by atoms with Crippen LogP contribution in [0.5, 0.6) is 0 Å². The van der Waals surface area contributed by atoms with E-state index in [0.29, 0.717) is 13.2 Å². The van der Waals surface area contributed by atoms with E-state index >= 15 is 0 Å². The van der Waals surface area contributed by atoms with Crippen LogP contribution in [0.15, 0.2) is 24.3 Å². The van der Waals surface area contributed by atoms with Gasteiger partial charge in [-0.3, -0.25) is 0 Å². The number of nitrogens with one attached hydrogen (secondary N) is 1. The largest absolute Gasteiger partial charge is 0.383 e. The zero-order valence-corrected chi connectivity index (χ0v) is 9.51. The van der Waals surface area contributed by atoms with Crippen LogP contribution in [0, 0.1) is 5.82 Å². The minimum Gasteiger partial charge on any atom is -0.383 e. The Kier molecular flexibility index (Phi) is 4.09. The van der Waals surface area contributed by atoms with Crippen molar-refractivity contribution in [2.75, 3.05) is 18.5 Å². The second kappa shape index (κ2) is 5.12. The monoisotopic (exact) mass is 211 g/mol. The molecule has 0 saturated carbocycles. The van der Waals surface area contributed by atoms with Gasteiger partial charge in [0.25, 0.3) is 0 Å². The lowest BCUT2D eigenvalue weighted by molar-refractivity contribution is 0.00333. The zero-order valence-electron chi connectivity index (χ0n) is 9.51. The maximum absolute atomic E-state index is 12.8. The molecule has 0 aliphatic heterocycles. The van der Waals surface area contributed by atoms with E-state index in [1.54, 1.807) is 6.07 Å². The van der Waals surface area contributed by atoms with Crippen molar-refractivity contribution in [1.29, 1.82) is 0 Å². The summed E-state index contributed by atoms with van der Waals surface area (Å²) in [7, 11) is 0. The third-order valence-electron chi connectivity index (χ3n) is 1.79. The van der Waals surface area contributed by atoms with Crippen molar-refractivity contribution in [3.05, 3.63) is 30.1 Å². The first kappa shape index (κ1) is 12.0. The van der Waals surface area contributed by atoms with Gasteiger partial charge in [-0.15, -0.1) is 0 Å². The van der Waals surface area contributed by atoms with E-state index in [4.69, 9.17) is 4.74 Å². The summed E-state index contributed by atoms with van der Waals surface area (Å²) in [6, 6.07) is 6.41. The van der Waals surface area contributed by atoms with E-state index in [1.807, 2.05) is 26.8 Å². The summed E-state index contributed by atoms with van der Waals surface area (Å²) in [5.41, 5.74) is 0.663. The molecule has 0 saturated heterocycles. The third-order valence-corrected chi connectivity index (χ3v) is 1.79. The van der Waals surface area contributed by atoms with Crippen LogP contribution in [0.25, 0.3) is 0 Å². The molecule has 0 radical (unpaired) electrons. The number of ether oxygens (including phenoxy) is 1. The van der Waals surface area contributed by atoms with Crippen molar-refractivity contribution >= 4 is 5.69 Å². The lowest BCUT2D eigenvalue weighted by atomic mass is 10.2. The van der Waals surface area contributed by atoms with Gasteiger partial charge >= 0.3 is 0 Å².